The molecule has 0 aliphatic heterocycles. The second-order valence-corrected chi connectivity index (χ2v) is 5.94. The predicted octanol–water partition coefficient (Wildman–Crippen LogP) is 5.39. The van der Waals surface area contributed by atoms with Crippen molar-refractivity contribution in [2.75, 3.05) is 0 Å². The molecule has 2 heteroatoms. The molecule has 1 heterocycles. The zero-order valence-electron chi connectivity index (χ0n) is 12.0. The molecule has 1 aliphatic rings. The molecule has 1 nitrogen and oxygen atoms in total. The number of hydrogen-bond acceptors (Lipinski definition) is 1. The molecule has 0 N–H and O–H groups in total. The summed E-state index contributed by atoms with van der Waals surface area (Å²) in [6, 6.07) is 12.3. The average molecular weight is 296 g/mol. The molecule has 1 aliphatic carbocycles. The van der Waals surface area contributed by atoms with Gasteiger partial charge in [0.1, 0.15) is 0 Å². The molecule has 0 saturated heterocycles. The fraction of sp³-hybridized carbons (Fsp3) is 0.211. The van der Waals surface area contributed by atoms with E-state index in [1.165, 1.54) is 16.7 Å². The third kappa shape index (κ3) is 3.08. The van der Waals surface area contributed by atoms with E-state index >= 15 is 0 Å². The molecule has 0 fully saturated rings. The molecule has 0 saturated carbocycles. The third-order valence-electron chi connectivity index (χ3n) is 4.04. The van der Waals surface area contributed by atoms with Crippen molar-refractivity contribution in [3.8, 4) is 0 Å². The molecular formula is C19H18ClN. The summed E-state index contributed by atoms with van der Waals surface area (Å²) in [6.45, 7) is 2.29. The van der Waals surface area contributed by atoms with Crippen molar-refractivity contribution in [2.24, 2.45) is 5.92 Å². The van der Waals surface area contributed by atoms with Crippen LogP contribution in [-0.4, -0.2) is 4.98 Å². The van der Waals surface area contributed by atoms with Crippen molar-refractivity contribution in [2.45, 2.75) is 19.3 Å². The van der Waals surface area contributed by atoms with Crippen LogP contribution < -0.4 is 0 Å². The fourth-order valence-corrected chi connectivity index (χ4v) is 3.05. The summed E-state index contributed by atoms with van der Waals surface area (Å²) in [6.07, 6.45) is 11.5. The van der Waals surface area contributed by atoms with Crippen molar-refractivity contribution in [1.29, 1.82) is 0 Å². The van der Waals surface area contributed by atoms with Crippen LogP contribution in [0.4, 0.5) is 0 Å². The van der Waals surface area contributed by atoms with E-state index in [9.17, 15) is 0 Å². The van der Waals surface area contributed by atoms with E-state index in [-0.39, 0.29) is 5.92 Å². The minimum atomic E-state index is 0.246. The van der Waals surface area contributed by atoms with Crippen LogP contribution in [-0.2, 0) is 0 Å². The highest BCUT2D eigenvalue weighted by atomic mass is 35.5. The van der Waals surface area contributed by atoms with Crippen molar-refractivity contribution in [3.05, 3.63) is 88.7 Å². The fourth-order valence-electron chi connectivity index (χ4n) is 2.92. The van der Waals surface area contributed by atoms with Gasteiger partial charge in [-0.05, 0) is 41.7 Å². The van der Waals surface area contributed by atoms with Crippen molar-refractivity contribution in [3.63, 3.8) is 0 Å². The molecule has 1 aromatic heterocycles. The second-order valence-electron chi connectivity index (χ2n) is 5.50. The average Bonchev–Trinajstić information content (AvgIpc) is 2.52. The molecule has 0 amide bonds. The Morgan fingerprint density at radius 1 is 1.14 bits per heavy atom. The molecule has 0 bridgehead atoms. The minimum absolute atomic E-state index is 0.246. The highest BCUT2D eigenvalue weighted by molar-refractivity contribution is 6.30. The Hall–Kier alpha value is -1.86. The van der Waals surface area contributed by atoms with Crippen LogP contribution in [0.2, 0.25) is 5.02 Å². The van der Waals surface area contributed by atoms with Gasteiger partial charge in [0.15, 0.2) is 0 Å². The van der Waals surface area contributed by atoms with Gasteiger partial charge in [-0.1, -0.05) is 60.5 Å². The largest absolute Gasteiger partial charge is 0.264 e. The molecule has 3 rings (SSSR count). The molecule has 2 aromatic rings. The Morgan fingerprint density at radius 2 is 1.95 bits per heavy atom. The first kappa shape index (κ1) is 14.1. The molecule has 0 spiro atoms. The summed E-state index contributed by atoms with van der Waals surface area (Å²) in [5, 5.41) is 0.772. The predicted molar refractivity (Wildman–Crippen MR) is 88.5 cm³/mol. The summed E-state index contributed by atoms with van der Waals surface area (Å²) in [7, 11) is 0. The number of halogens is 1. The number of benzene rings is 1. The van der Waals surface area contributed by atoms with Crippen LogP contribution in [0.3, 0.4) is 0 Å². The van der Waals surface area contributed by atoms with Gasteiger partial charge < -0.3 is 0 Å². The van der Waals surface area contributed by atoms with Crippen molar-refractivity contribution in [1.82, 2.24) is 4.98 Å². The zero-order chi connectivity index (χ0) is 14.7. The van der Waals surface area contributed by atoms with Crippen molar-refractivity contribution < 1.29 is 0 Å². The quantitative estimate of drug-likeness (QED) is 0.740. The molecule has 1 aromatic carbocycles. The van der Waals surface area contributed by atoms with E-state index in [0.717, 1.165) is 11.4 Å². The number of aromatic nitrogens is 1. The van der Waals surface area contributed by atoms with Crippen LogP contribution in [0.25, 0.3) is 0 Å². The van der Waals surface area contributed by atoms with E-state index in [4.69, 9.17) is 11.6 Å². The number of hydrogen-bond donors (Lipinski definition) is 0. The second kappa shape index (κ2) is 6.28. The maximum atomic E-state index is 6.04. The smallest absolute Gasteiger partial charge is 0.0406 e. The van der Waals surface area contributed by atoms with Crippen LogP contribution in [0.1, 0.15) is 30.4 Å². The SMILES string of the molecule is CC1CC=CC=C1C(c1ccc(Cl)cc1)c1cccnc1. The Balaban J connectivity index is 2.09. The first-order valence-electron chi connectivity index (χ1n) is 7.27. The lowest BCUT2D eigenvalue weighted by Gasteiger charge is -2.27. The summed E-state index contributed by atoms with van der Waals surface area (Å²) in [4.78, 5) is 4.30. The van der Waals surface area contributed by atoms with Crippen LogP contribution in [0.15, 0.2) is 72.6 Å². The summed E-state index contributed by atoms with van der Waals surface area (Å²) in [5.41, 5.74) is 3.93. The van der Waals surface area contributed by atoms with Gasteiger partial charge in [0.2, 0.25) is 0 Å². The van der Waals surface area contributed by atoms with E-state index in [1.807, 2.05) is 30.6 Å². The lowest BCUT2D eigenvalue weighted by Crippen LogP contribution is -2.13. The minimum Gasteiger partial charge on any atom is -0.264 e. The Labute approximate surface area is 131 Å². The molecule has 21 heavy (non-hydrogen) atoms. The normalized spacial score (nSPS) is 19.1. The Kier molecular flexibility index (Phi) is 4.21. The highest BCUT2D eigenvalue weighted by Gasteiger charge is 2.23. The van der Waals surface area contributed by atoms with Gasteiger partial charge in [-0.25, -0.2) is 0 Å². The third-order valence-corrected chi connectivity index (χ3v) is 4.29. The van der Waals surface area contributed by atoms with Gasteiger partial charge in [-0.2, -0.15) is 0 Å². The van der Waals surface area contributed by atoms with Gasteiger partial charge in [-0.15, -0.1) is 0 Å². The van der Waals surface area contributed by atoms with Gasteiger partial charge in [0.25, 0.3) is 0 Å². The van der Waals surface area contributed by atoms with Gasteiger partial charge in [0.05, 0.1) is 0 Å². The maximum Gasteiger partial charge on any atom is 0.0406 e. The van der Waals surface area contributed by atoms with Gasteiger partial charge >= 0.3 is 0 Å². The number of pyridine rings is 1. The summed E-state index contributed by atoms with van der Waals surface area (Å²) >= 11 is 6.04. The molecule has 2 atom stereocenters. The lowest BCUT2D eigenvalue weighted by molar-refractivity contribution is 0.637. The molecule has 106 valence electrons. The van der Waals surface area contributed by atoms with E-state index in [0.29, 0.717) is 5.92 Å². The van der Waals surface area contributed by atoms with E-state index in [1.54, 1.807) is 0 Å². The molecule has 0 radical (unpaired) electrons. The lowest BCUT2D eigenvalue weighted by atomic mass is 9.77. The Morgan fingerprint density at radius 3 is 2.62 bits per heavy atom. The van der Waals surface area contributed by atoms with Crippen LogP contribution in [0, 0.1) is 5.92 Å². The van der Waals surface area contributed by atoms with E-state index < -0.39 is 0 Å². The van der Waals surface area contributed by atoms with Crippen LogP contribution in [0.5, 0.6) is 0 Å². The van der Waals surface area contributed by atoms with Gasteiger partial charge in [0, 0.05) is 23.3 Å². The van der Waals surface area contributed by atoms with E-state index in [2.05, 4.69) is 48.3 Å². The first-order chi connectivity index (χ1) is 10.3. The van der Waals surface area contributed by atoms with Crippen molar-refractivity contribution >= 4 is 11.6 Å². The first-order valence-corrected chi connectivity index (χ1v) is 7.65. The van der Waals surface area contributed by atoms with Crippen LogP contribution >= 0.6 is 11.6 Å². The van der Waals surface area contributed by atoms with Gasteiger partial charge in [-0.3, -0.25) is 4.98 Å². The standard InChI is InChI=1S/C19H18ClN/c1-14-5-2-3-7-18(14)19(16-6-4-12-21-13-16)15-8-10-17(20)11-9-15/h2-4,6-14,19H,5H2,1H3. The number of nitrogens with zero attached hydrogens (tertiary/aromatic N) is 1. The monoisotopic (exact) mass is 295 g/mol. The summed E-state index contributed by atoms with van der Waals surface area (Å²) in [5.74, 6) is 0.784. The maximum absolute atomic E-state index is 6.04. The molecule has 2 unspecified atom stereocenters. The zero-order valence-corrected chi connectivity index (χ0v) is 12.8. The number of rotatable bonds is 3. The molecular weight excluding hydrogens is 278 g/mol. The topological polar surface area (TPSA) is 12.9 Å². The highest BCUT2D eigenvalue weighted by Crippen LogP contribution is 2.38. The summed E-state index contributed by atoms with van der Waals surface area (Å²) < 4.78 is 0. The number of allylic oxidation sites excluding steroid dienone is 4. The Bertz CT molecular complexity index is 656.